The van der Waals surface area contributed by atoms with Gasteiger partial charge in [0.15, 0.2) is 4.73 Å². The standard InChI is InChI=1S/C9H6BrClN2/c10-9-12-5-7-2-1-6(4-11)3-8(7)13-9/h1-3,5H,4H2. The molecule has 4 heteroatoms. The van der Waals surface area contributed by atoms with E-state index >= 15 is 0 Å². The van der Waals surface area contributed by atoms with Crippen molar-refractivity contribution in [3.8, 4) is 0 Å². The lowest BCUT2D eigenvalue weighted by atomic mass is 10.2. The SMILES string of the molecule is ClCc1ccc2cnc(Br)nc2c1. The average molecular weight is 258 g/mol. The van der Waals surface area contributed by atoms with Crippen LogP contribution in [-0.2, 0) is 5.88 Å². The Morgan fingerprint density at radius 2 is 2.23 bits per heavy atom. The first kappa shape index (κ1) is 8.91. The van der Waals surface area contributed by atoms with Crippen molar-refractivity contribution in [2.24, 2.45) is 0 Å². The molecule has 13 heavy (non-hydrogen) atoms. The summed E-state index contributed by atoms with van der Waals surface area (Å²) < 4.78 is 0.603. The molecule has 2 nitrogen and oxygen atoms in total. The highest BCUT2D eigenvalue weighted by atomic mass is 79.9. The van der Waals surface area contributed by atoms with Crippen molar-refractivity contribution in [3.05, 3.63) is 34.7 Å². The Kier molecular flexibility index (Phi) is 2.47. The topological polar surface area (TPSA) is 25.8 Å². The van der Waals surface area contributed by atoms with Crippen LogP contribution in [0.2, 0.25) is 0 Å². The van der Waals surface area contributed by atoms with E-state index in [1.54, 1.807) is 6.20 Å². The van der Waals surface area contributed by atoms with Crippen LogP contribution in [0.25, 0.3) is 10.9 Å². The maximum atomic E-state index is 5.71. The molecule has 2 aromatic rings. The molecule has 0 aliphatic heterocycles. The molecule has 0 aliphatic carbocycles. The van der Waals surface area contributed by atoms with Gasteiger partial charge in [0.2, 0.25) is 0 Å². The number of nitrogens with zero attached hydrogens (tertiary/aromatic N) is 2. The zero-order chi connectivity index (χ0) is 9.26. The highest BCUT2D eigenvalue weighted by molar-refractivity contribution is 9.10. The average Bonchev–Trinajstić information content (AvgIpc) is 2.16. The van der Waals surface area contributed by atoms with Gasteiger partial charge in [-0.1, -0.05) is 12.1 Å². The van der Waals surface area contributed by atoms with Crippen LogP contribution in [0.4, 0.5) is 0 Å². The molecule has 0 fully saturated rings. The highest BCUT2D eigenvalue weighted by Gasteiger charge is 1.98. The monoisotopic (exact) mass is 256 g/mol. The van der Waals surface area contributed by atoms with Crippen molar-refractivity contribution in [2.75, 3.05) is 0 Å². The zero-order valence-electron chi connectivity index (χ0n) is 6.67. The van der Waals surface area contributed by atoms with E-state index in [0.29, 0.717) is 10.6 Å². The predicted molar refractivity (Wildman–Crippen MR) is 56.8 cm³/mol. The lowest BCUT2D eigenvalue weighted by Gasteiger charge is -1.99. The third-order valence-electron chi connectivity index (χ3n) is 1.77. The van der Waals surface area contributed by atoms with Gasteiger partial charge in [-0.3, -0.25) is 0 Å². The first-order valence-electron chi connectivity index (χ1n) is 3.77. The number of fused-ring (bicyclic) bond motifs is 1. The Bertz CT molecular complexity index is 445. The summed E-state index contributed by atoms with van der Waals surface area (Å²) in [7, 11) is 0. The molecule has 0 unspecified atom stereocenters. The number of aromatic nitrogens is 2. The summed E-state index contributed by atoms with van der Waals surface area (Å²) in [4.78, 5) is 8.27. The summed E-state index contributed by atoms with van der Waals surface area (Å²) in [5, 5.41) is 1.03. The highest BCUT2D eigenvalue weighted by Crippen LogP contribution is 2.16. The van der Waals surface area contributed by atoms with Crippen LogP contribution < -0.4 is 0 Å². The maximum absolute atomic E-state index is 5.71. The smallest absolute Gasteiger partial charge is 0.197 e. The molecule has 66 valence electrons. The largest absolute Gasteiger partial charge is 0.230 e. The van der Waals surface area contributed by atoms with Crippen LogP contribution in [0.1, 0.15) is 5.56 Å². The lowest BCUT2D eigenvalue weighted by molar-refractivity contribution is 1.16. The minimum absolute atomic E-state index is 0.511. The summed E-state index contributed by atoms with van der Waals surface area (Å²) in [5.41, 5.74) is 1.99. The fourth-order valence-corrected chi connectivity index (χ4v) is 1.59. The Balaban J connectivity index is 2.68. The van der Waals surface area contributed by atoms with Crippen LogP contribution in [-0.4, -0.2) is 9.97 Å². The molecule has 0 amide bonds. The van der Waals surface area contributed by atoms with Gasteiger partial charge in [0.05, 0.1) is 5.52 Å². The maximum Gasteiger partial charge on any atom is 0.197 e. The lowest BCUT2D eigenvalue weighted by Crippen LogP contribution is -1.85. The molecule has 2 rings (SSSR count). The van der Waals surface area contributed by atoms with E-state index in [-0.39, 0.29) is 0 Å². The number of hydrogen-bond donors (Lipinski definition) is 0. The van der Waals surface area contributed by atoms with Crippen molar-refractivity contribution in [1.82, 2.24) is 9.97 Å². The summed E-state index contributed by atoms with van der Waals surface area (Å²) in [5.74, 6) is 0.511. The van der Waals surface area contributed by atoms with Crippen molar-refractivity contribution in [3.63, 3.8) is 0 Å². The number of halogens is 2. The Hall–Kier alpha value is -0.670. The van der Waals surface area contributed by atoms with E-state index in [2.05, 4.69) is 25.9 Å². The molecule has 1 heterocycles. The summed E-state index contributed by atoms with van der Waals surface area (Å²) in [6.07, 6.45) is 1.78. The fraction of sp³-hybridized carbons (Fsp3) is 0.111. The van der Waals surface area contributed by atoms with E-state index in [1.165, 1.54) is 0 Å². The van der Waals surface area contributed by atoms with E-state index < -0.39 is 0 Å². The molecule has 0 bridgehead atoms. The van der Waals surface area contributed by atoms with E-state index in [4.69, 9.17) is 11.6 Å². The van der Waals surface area contributed by atoms with Crippen molar-refractivity contribution < 1.29 is 0 Å². The molecule has 0 saturated carbocycles. The zero-order valence-corrected chi connectivity index (χ0v) is 9.01. The van der Waals surface area contributed by atoms with Crippen molar-refractivity contribution in [2.45, 2.75) is 5.88 Å². The summed E-state index contributed by atoms with van der Waals surface area (Å²) in [6, 6.07) is 5.92. The van der Waals surface area contributed by atoms with Gasteiger partial charge in [0, 0.05) is 17.5 Å². The van der Waals surface area contributed by atoms with Gasteiger partial charge in [-0.15, -0.1) is 11.6 Å². The van der Waals surface area contributed by atoms with Crippen LogP contribution in [0.5, 0.6) is 0 Å². The molecular weight excluding hydrogens is 251 g/mol. The van der Waals surface area contributed by atoms with Gasteiger partial charge in [0.25, 0.3) is 0 Å². The Morgan fingerprint density at radius 1 is 1.38 bits per heavy atom. The van der Waals surface area contributed by atoms with Crippen molar-refractivity contribution in [1.29, 1.82) is 0 Å². The second kappa shape index (κ2) is 3.60. The van der Waals surface area contributed by atoms with E-state index in [0.717, 1.165) is 16.5 Å². The molecule has 0 spiro atoms. The fourth-order valence-electron chi connectivity index (χ4n) is 1.13. The molecule has 1 aromatic carbocycles. The molecule has 0 aliphatic rings. The van der Waals surface area contributed by atoms with Crippen LogP contribution in [0, 0.1) is 0 Å². The molecule has 0 N–H and O–H groups in total. The minimum atomic E-state index is 0.511. The van der Waals surface area contributed by atoms with E-state index in [1.807, 2.05) is 18.2 Å². The molecule has 0 atom stereocenters. The second-order valence-electron chi connectivity index (χ2n) is 2.67. The molecular formula is C9H6BrClN2. The van der Waals surface area contributed by atoms with Gasteiger partial charge in [0.1, 0.15) is 0 Å². The van der Waals surface area contributed by atoms with Gasteiger partial charge >= 0.3 is 0 Å². The number of benzene rings is 1. The van der Waals surface area contributed by atoms with Gasteiger partial charge < -0.3 is 0 Å². The van der Waals surface area contributed by atoms with Gasteiger partial charge in [-0.25, -0.2) is 9.97 Å². The van der Waals surface area contributed by atoms with Gasteiger partial charge in [-0.2, -0.15) is 0 Å². The predicted octanol–water partition coefficient (Wildman–Crippen LogP) is 3.13. The van der Waals surface area contributed by atoms with Crippen molar-refractivity contribution >= 4 is 38.4 Å². The first-order chi connectivity index (χ1) is 6.29. The summed E-state index contributed by atoms with van der Waals surface area (Å²) >= 11 is 8.94. The summed E-state index contributed by atoms with van der Waals surface area (Å²) in [6.45, 7) is 0. The second-order valence-corrected chi connectivity index (χ2v) is 3.64. The number of alkyl halides is 1. The Morgan fingerprint density at radius 3 is 3.00 bits per heavy atom. The molecule has 0 radical (unpaired) electrons. The Labute approximate surface area is 89.1 Å². The normalized spacial score (nSPS) is 10.6. The molecule has 1 aromatic heterocycles. The minimum Gasteiger partial charge on any atom is -0.230 e. The number of hydrogen-bond acceptors (Lipinski definition) is 2. The number of rotatable bonds is 1. The first-order valence-corrected chi connectivity index (χ1v) is 5.09. The van der Waals surface area contributed by atoms with Crippen LogP contribution in [0.3, 0.4) is 0 Å². The van der Waals surface area contributed by atoms with Gasteiger partial charge in [-0.05, 0) is 27.6 Å². The third kappa shape index (κ3) is 1.81. The quantitative estimate of drug-likeness (QED) is 0.579. The van der Waals surface area contributed by atoms with E-state index in [9.17, 15) is 0 Å². The van der Waals surface area contributed by atoms with Crippen LogP contribution in [0.15, 0.2) is 29.1 Å². The third-order valence-corrected chi connectivity index (χ3v) is 2.46. The van der Waals surface area contributed by atoms with Crippen LogP contribution >= 0.6 is 27.5 Å². The molecule has 0 saturated heterocycles.